The molecule has 9 heterocycles. The van der Waals surface area contributed by atoms with Gasteiger partial charge in [-0.15, -0.1) is 0 Å². The lowest BCUT2D eigenvalue weighted by atomic mass is 9.96. The van der Waals surface area contributed by atoms with Gasteiger partial charge in [0.25, 0.3) is 0 Å². The van der Waals surface area contributed by atoms with Crippen molar-refractivity contribution in [2.24, 2.45) is 0 Å². The van der Waals surface area contributed by atoms with Crippen LogP contribution in [0, 0.1) is 0 Å². The molecule has 15 aromatic carbocycles. The van der Waals surface area contributed by atoms with Gasteiger partial charge < -0.3 is 0 Å². The number of pyridine rings is 9. The number of aromatic nitrogens is 9. The fraction of sp³-hybridized carbons (Fsp3) is 0. The van der Waals surface area contributed by atoms with Gasteiger partial charge in [0, 0.05) is 157 Å². The van der Waals surface area contributed by atoms with Crippen molar-refractivity contribution >= 4 is 195 Å². The summed E-state index contributed by atoms with van der Waals surface area (Å²) < 4.78 is 87.0. The lowest BCUT2D eigenvalue weighted by Crippen LogP contribution is -1.87. The van der Waals surface area contributed by atoms with Crippen LogP contribution in [0.1, 0.15) is 20.1 Å². The molecule has 0 atom stereocenters. The maximum atomic E-state index is 7.84. The van der Waals surface area contributed by atoms with Gasteiger partial charge in [-0.25, -0.2) is 0 Å². The smallest absolute Gasteiger partial charge is 0.0970 e. The van der Waals surface area contributed by atoms with Crippen molar-refractivity contribution < 1.29 is 20.1 Å². The van der Waals surface area contributed by atoms with Crippen LogP contribution in [-0.2, 0) is 0 Å². The van der Waals surface area contributed by atoms with Crippen LogP contribution in [0.25, 0.3) is 195 Å². The van der Waals surface area contributed by atoms with Gasteiger partial charge in [-0.1, -0.05) is 249 Å². The molecule has 0 amide bonds. The van der Waals surface area contributed by atoms with Crippen LogP contribution >= 0.6 is 0 Å². The van der Waals surface area contributed by atoms with Crippen molar-refractivity contribution in [1.82, 2.24) is 44.9 Å². The van der Waals surface area contributed by atoms with Gasteiger partial charge in [0.15, 0.2) is 0 Å². The highest BCUT2D eigenvalue weighted by Gasteiger charge is 2.14. The Labute approximate surface area is 640 Å². The van der Waals surface area contributed by atoms with E-state index in [0.717, 1.165) is 135 Å². The molecule has 0 saturated heterocycles. The van der Waals surface area contributed by atoms with Gasteiger partial charge >= 0.3 is 0 Å². The Morgan fingerprint density at radius 3 is 0.583 bits per heavy atom. The van der Waals surface area contributed by atoms with Crippen molar-refractivity contribution in [3.8, 4) is 0 Å². The highest BCUT2D eigenvalue weighted by atomic mass is 14.7. The molecular formula is C99H71N9. The fourth-order valence-corrected chi connectivity index (χ4v) is 15.6. The van der Waals surface area contributed by atoms with Gasteiger partial charge in [0.05, 0.1) is 35.8 Å². The molecule has 9 heteroatoms. The summed E-state index contributed by atoms with van der Waals surface area (Å²) in [4.78, 5) is 39.4. The summed E-state index contributed by atoms with van der Waals surface area (Å²) >= 11 is 0. The van der Waals surface area contributed by atoms with E-state index in [2.05, 4.69) is 118 Å². The van der Waals surface area contributed by atoms with Gasteiger partial charge in [-0.2, -0.15) is 0 Å². The Bertz CT molecular complexity index is 6610. The summed E-state index contributed by atoms with van der Waals surface area (Å²) in [5.41, 5.74) is 4.83. The number of hydrogen-bond donors (Lipinski definition) is 0. The maximum Gasteiger partial charge on any atom is 0.0970 e. The van der Waals surface area contributed by atoms with Crippen LogP contribution in [0.3, 0.4) is 0 Å². The van der Waals surface area contributed by atoms with E-state index in [1.165, 1.54) is 59.2 Å². The number of nitrogens with zero attached hydrogens (tertiary/aromatic N) is 9. The molecule has 0 bridgehead atoms. The van der Waals surface area contributed by atoms with E-state index in [1.54, 1.807) is 24.8 Å². The summed E-state index contributed by atoms with van der Waals surface area (Å²) in [6.45, 7) is 0. The minimum atomic E-state index is 0.515. The number of benzene rings is 15. The van der Waals surface area contributed by atoms with Gasteiger partial charge in [-0.05, 0) is 157 Å². The topological polar surface area (TPSA) is 116 Å². The molecule has 512 valence electrons. The van der Waals surface area contributed by atoms with E-state index in [1.807, 2.05) is 250 Å². The molecule has 0 aliphatic rings. The lowest BCUT2D eigenvalue weighted by Gasteiger charge is -2.09. The van der Waals surface area contributed by atoms with Crippen molar-refractivity contribution in [3.05, 3.63) is 384 Å². The first kappa shape index (κ1) is 54.0. The van der Waals surface area contributed by atoms with Crippen LogP contribution in [-0.4, -0.2) is 44.9 Å². The average Bonchev–Trinajstić information content (AvgIpc) is 0.781. The van der Waals surface area contributed by atoms with Gasteiger partial charge in [0.1, 0.15) is 0 Å². The van der Waals surface area contributed by atoms with Crippen molar-refractivity contribution in [1.29, 1.82) is 0 Å². The highest BCUT2D eigenvalue weighted by molar-refractivity contribution is 6.29. The fourth-order valence-electron chi connectivity index (χ4n) is 15.6. The predicted molar refractivity (Wildman–Crippen MR) is 462 cm³/mol. The second-order valence-electron chi connectivity index (χ2n) is 26.1. The second kappa shape index (κ2) is 28.2. The molecule has 0 aliphatic carbocycles. The Balaban J connectivity index is 0.000000112. The van der Waals surface area contributed by atoms with E-state index >= 15 is 0 Å². The normalized spacial score (nSPS) is 12.4. The first-order valence-electron chi connectivity index (χ1n) is 42.6. The Morgan fingerprint density at radius 1 is 0.148 bits per heavy atom. The highest BCUT2D eigenvalue weighted by Crippen LogP contribution is 2.40. The van der Waals surface area contributed by atoms with Crippen LogP contribution in [0.15, 0.2) is 384 Å². The van der Waals surface area contributed by atoms with Crippen molar-refractivity contribution in [3.63, 3.8) is 0 Å². The quantitative estimate of drug-likeness (QED) is 0.137. The maximum absolute atomic E-state index is 7.84. The third kappa shape index (κ3) is 11.4. The Kier molecular flexibility index (Phi) is 14.1. The molecule has 0 saturated carbocycles. The molecule has 0 radical (unpaired) electrons. The summed E-state index contributed by atoms with van der Waals surface area (Å²) in [5, 5.41) is 35.2. The SMILES string of the molecule is [2H][2H].[2H][2H].[2H][2H].[2H][2H].[2H]c1ccc2c(c1)c1cccnc1c1ncccc21.[2H]c1ccc2c(c1)c1cnccc1c1ncccc21.[2H]c1ccc2c3ccccc3c3ccncc3c2c1.[2H]c1ccc2c3ccccc3c3ncccc3c2c1.[2H]c1ccc2c3ccccc3c3ncccc3c2c1.[2H]c1ccc2c3ccncc3c3ccncc3c2c1. The summed E-state index contributed by atoms with van der Waals surface area (Å²) in [6.07, 6.45) is 23.8. The van der Waals surface area contributed by atoms with E-state index < -0.39 is 0 Å². The predicted octanol–water partition coefficient (Wildman–Crippen LogP) is 26.4. The molecule has 9 aromatic heterocycles. The zero-order valence-electron chi connectivity index (χ0n) is 71.9. The molecule has 0 fully saturated rings. The van der Waals surface area contributed by atoms with E-state index in [-0.39, 0.29) is 0 Å². The molecule has 108 heavy (non-hydrogen) atoms. The van der Waals surface area contributed by atoms with Gasteiger partial charge in [-0.3, -0.25) is 44.9 Å². The second-order valence-corrected chi connectivity index (χ2v) is 26.1. The van der Waals surface area contributed by atoms with E-state index in [4.69, 9.17) is 20.1 Å². The molecule has 9 nitrogen and oxygen atoms in total. The molecule has 24 aromatic rings. The van der Waals surface area contributed by atoms with Crippen LogP contribution in [0.5, 0.6) is 0 Å². The van der Waals surface area contributed by atoms with Crippen molar-refractivity contribution in [2.45, 2.75) is 0 Å². The first-order valence-corrected chi connectivity index (χ1v) is 35.6. The molecule has 0 N–H and O–H groups in total. The minimum absolute atomic E-state index is 0.515. The van der Waals surface area contributed by atoms with E-state index in [0.29, 0.717) is 36.3 Å². The third-order valence-electron chi connectivity index (χ3n) is 20.3. The standard InChI is InChI=1S/3C17H11N.3C16H10N2.4H2/c2*1-2-7-14-12(6-1)13-8-3-4-9-15(13)17-16(14)10-5-11-18-17;1-2-7-14-12(5-1)13-6-3-4-8-15(13)17-11-18-10-9-16(14)17;1-2-6-12-11(5-1)13-7-3-9-17-15(13)16-14(12)8-4-10-18-16;1-2-5-12-11(4-1)13-6-3-8-18-16(13)14-7-9-17-10-15(12)14;1-2-4-12-11(3-1)13-5-7-17-10-16(13)14-6-8-18-9-15(12)14;;;;/h3*1-11H;3*1-10H;4*1H/i2*2D;4D;1D;2*2D;4*1+1D. The molecular weight excluding hydrogens is 1320 g/mol. The molecule has 24 rings (SSSR count). The molecule has 0 unspecified atom stereocenters. The summed E-state index contributed by atoms with van der Waals surface area (Å²) in [7, 11) is 0. The largest absolute Gasteiger partial charge is 0.264 e. The summed E-state index contributed by atoms with van der Waals surface area (Å²) in [5.74, 6) is 0. The lowest BCUT2D eigenvalue weighted by molar-refractivity contribution is 1.36. The Hall–Kier alpha value is -14.7. The monoisotopic (exact) mass is 1400 g/mol. The molecule has 0 aliphatic heterocycles. The van der Waals surface area contributed by atoms with Gasteiger partial charge in [0.2, 0.25) is 0 Å². The number of fused-ring (bicyclic) bond motifs is 36. The molecule has 0 spiro atoms. The van der Waals surface area contributed by atoms with Crippen LogP contribution < -0.4 is 0 Å². The zero-order valence-corrected chi connectivity index (χ0v) is 57.9. The number of rotatable bonds is 0. The summed E-state index contributed by atoms with van der Waals surface area (Å²) in [6, 6.07) is 90.9. The number of hydrogen-bond acceptors (Lipinski definition) is 9. The van der Waals surface area contributed by atoms with Crippen LogP contribution in [0.4, 0.5) is 0 Å². The Morgan fingerprint density at radius 2 is 0.306 bits per heavy atom. The van der Waals surface area contributed by atoms with E-state index in [9.17, 15) is 0 Å². The average molecular weight is 1400 g/mol. The third-order valence-corrected chi connectivity index (χ3v) is 20.3. The van der Waals surface area contributed by atoms with Crippen molar-refractivity contribution in [2.75, 3.05) is 0 Å². The van der Waals surface area contributed by atoms with Crippen LogP contribution in [0.2, 0.25) is 0 Å². The first-order chi connectivity index (χ1) is 60.1. The minimum Gasteiger partial charge on any atom is -0.264 e. The zero-order chi connectivity index (χ0) is 84.9.